The molecule has 1 aromatic heterocycles. The Labute approximate surface area is 119 Å². The van der Waals surface area contributed by atoms with Gasteiger partial charge in [-0.3, -0.25) is 9.98 Å². The van der Waals surface area contributed by atoms with E-state index >= 15 is 0 Å². The van der Waals surface area contributed by atoms with Gasteiger partial charge >= 0.3 is 0 Å². The molecule has 0 fully saturated rings. The van der Waals surface area contributed by atoms with E-state index in [0.29, 0.717) is 17.6 Å². The van der Waals surface area contributed by atoms with Gasteiger partial charge in [0.15, 0.2) is 11.1 Å². The van der Waals surface area contributed by atoms with E-state index in [0.717, 1.165) is 18.5 Å². The van der Waals surface area contributed by atoms with Crippen molar-refractivity contribution in [1.29, 1.82) is 0 Å². The average molecular weight is 279 g/mol. The molecule has 0 saturated heterocycles. The summed E-state index contributed by atoms with van der Waals surface area (Å²) in [6.07, 6.45) is 6.89. The Balaban J connectivity index is 2.23. The van der Waals surface area contributed by atoms with Crippen LogP contribution < -0.4 is 16.4 Å². The zero-order valence-corrected chi connectivity index (χ0v) is 12.0. The molecule has 4 N–H and O–H groups in total. The SMILES string of the molecule is CCCCCN=C(N)NC(=S)NCc1ccncc1. The number of nitrogens with zero attached hydrogens (tertiary/aromatic N) is 2. The topological polar surface area (TPSA) is 75.3 Å². The van der Waals surface area contributed by atoms with E-state index in [1.54, 1.807) is 12.4 Å². The summed E-state index contributed by atoms with van der Waals surface area (Å²) in [6, 6.07) is 3.86. The van der Waals surface area contributed by atoms with Crippen LogP contribution in [-0.4, -0.2) is 22.6 Å². The fourth-order valence-corrected chi connectivity index (χ4v) is 1.62. The highest BCUT2D eigenvalue weighted by atomic mass is 32.1. The molecule has 104 valence electrons. The lowest BCUT2D eigenvalue weighted by Crippen LogP contribution is -2.43. The molecular formula is C13H21N5S. The Morgan fingerprint density at radius 2 is 2.11 bits per heavy atom. The third kappa shape index (κ3) is 7.35. The van der Waals surface area contributed by atoms with Crippen molar-refractivity contribution >= 4 is 23.3 Å². The van der Waals surface area contributed by atoms with Gasteiger partial charge < -0.3 is 16.4 Å². The van der Waals surface area contributed by atoms with E-state index in [1.807, 2.05) is 12.1 Å². The van der Waals surface area contributed by atoms with Crippen molar-refractivity contribution < 1.29 is 0 Å². The van der Waals surface area contributed by atoms with Crippen molar-refractivity contribution in [2.75, 3.05) is 6.54 Å². The van der Waals surface area contributed by atoms with E-state index in [4.69, 9.17) is 18.0 Å². The summed E-state index contributed by atoms with van der Waals surface area (Å²) in [5.41, 5.74) is 6.84. The summed E-state index contributed by atoms with van der Waals surface area (Å²) in [7, 11) is 0. The molecule has 0 aliphatic heterocycles. The number of hydrogen-bond acceptors (Lipinski definition) is 3. The van der Waals surface area contributed by atoms with Gasteiger partial charge in [0, 0.05) is 25.5 Å². The van der Waals surface area contributed by atoms with Gasteiger partial charge in [0.2, 0.25) is 0 Å². The summed E-state index contributed by atoms with van der Waals surface area (Å²) < 4.78 is 0. The van der Waals surface area contributed by atoms with Crippen LogP contribution in [-0.2, 0) is 6.54 Å². The zero-order valence-electron chi connectivity index (χ0n) is 11.2. The highest BCUT2D eigenvalue weighted by molar-refractivity contribution is 7.80. The fourth-order valence-electron chi connectivity index (χ4n) is 1.44. The number of unbranched alkanes of at least 4 members (excludes halogenated alkanes) is 2. The molecule has 0 amide bonds. The smallest absolute Gasteiger partial charge is 0.194 e. The van der Waals surface area contributed by atoms with Crippen LogP contribution >= 0.6 is 12.2 Å². The summed E-state index contributed by atoms with van der Waals surface area (Å²) >= 11 is 5.13. The second-order valence-electron chi connectivity index (χ2n) is 4.14. The van der Waals surface area contributed by atoms with Crippen molar-refractivity contribution in [1.82, 2.24) is 15.6 Å². The van der Waals surface area contributed by atoms with Crippen LogP contribution in [0.25, 0.3) is 0 Å². The summed E-state index contributed by atoms with van der Waals surface area (Å²) in [6.45, 7) is 3.53. The second kappa shape index (κ2) is 9.27. The van der Waals surface area contributed by atoms with Gasteiger partial charge in [-0.05, 0) is 36.3 Å². The van der Waals surface area contributed by atoms with E-state index in [-0.39, 0.29) is 0 Å². The van der Waals surface area contributed by atoms with Gasteiger partial charge in [-0.15, -0.1) is 0 Å². The van der Waals surface area contributed by atoms with E-state index in [2.05, 4.69) is 27.5 Å². The van der Waals surface area contributed by atoms with Crippen LogP contribution in [0.15, 0.2) is 29.5 Å². The Hall–Kier alpha value is -1.69. The maximum atomic E-state index is 5.73. The number of rotatable bonds is 6. The van der Waals surface area contributed by atoms with Gasteiger partial charge in [-0.1, -0.05) is 19.8 Å². The van der Waals surface area contributed by atoms with Crippen molar-refractivity contribution in [3.8, 4) is 0 Å². The number of hydrogen-bond donors (Lipinski definition) is 3. The lowest BCUT2D eigenvalue weighted by molar-refractivity contribution is 0.726. The van der Waals surface area contributed by atoms with Crippen molar-refractivity contribution in [2.24, 2.45) is 10.7 Å². The minimum Gasteiger partial charge on any atom is -0.370 e. The molecule has 0 aliphatic carbocycles. The number of aromatic nitrogens is 1. The molecule has 0 radical (unpaired) electrons. The average Bonchev–Trinajstić information content (AvgIpc) is 2.42. The number of thiocarbonyl (C=S) groups is 1. The number of guanidine groups is 1. The van der Waals surface area contributed by atoms with Crippen LogP contribution in [0.5, 0.6) is 0 Å². The number of nitrogens with one attached hydrogen (secondary N) is 2. The van der Waals surface area contributed by atoms with Gasteiger partial charge in [-0.25, -0.2) is 0 Å². The third-order valence-electron chi connectivity index (χ3n) is 2.49. The molecule has 1 rings (SSSR count). The fraction of sp³-hybridized carbons (Fsp3) is 0.462. The Bertz CT molecular complexity index is 405. The molecule has 19 heavy (non-hydrogen) atoms. The second-order valence-corrected chi connectivity index (χ2v) is 4.55. The largest absolute Gasteiger partial charge is 0.370 e. The first-order valence-electron chi connectivity index (χ1n) is 6.46. The summed E-state index contributed by atoms with van der Waals surface area (Å²) in [5, 5.41) is 6.40. The Kier molecular flexibility index (Phi) is 7.50. The highest BCUT2D eigenvalue weighted by Crippen LogP contribution is 1.95. The molecule has 0 atom stereocenters. The summed E-state index contributed by atoms with van der Waals surface area (Å²) in [4.78, 5) is 8.16. The van der Waals surface area contributed by atoms with E-state index in [9.17, 15) is 0 Å². The number of nitrogens with two attached hydrogens (primary N) is 1. The predicted octanol–water partition coefficient (Wildman–Crippen LogP) is 1.55. The molecule has 1 heterocycles. The van der Waals surface area contributed by atoms with Crippen molar-refractivity contribution in [3.63, 3.8) is 0 Å². The molecule has 0 unspecified atom stereocenters. The maximum absolute atomic E-state index is 5.73. The minimum atomic E-state index is 0.364. The van der Waals surface area contributed by atoms with E-state index in [1.165, 1.54) is 12.8 Å². The van der Waals surface area contributed by atoms with Gasteiger partial charge in [-0.2, -0.15) is 0 Å². The minimum absolute atomic E-state index is 0.364. The lowest BCUT2D eigenvalue weighted by Gasteiger charge is -2.09. The quantitative estimate of drug-likeness (QED) is 0.319. The van der Waals surface area contributed by atoms with Crippen LogP contribution in [0.3, 0.4) is 0 Å². The molecule has 5 nitrogen and oxygen atoms in total. The standard InChI is InChI=1S/C13H21N5S/c1-2-3-4-7-16-12(14)18-13(19)17-10-11-5-8-15-9-6-11/h5-6,8-9H,2-4,7,10H2,1H3,(H4,14,16,17,18,19). The van der Waals surface area contributed by atoms with Gasteiger partial charge in [0.1, 0.15) is 0 Å². The third-order valence-corrected chi connectivity index (χ3v) is 2.73. The maximum Gasteiger partial charge on any atom is 0.194 e. The molecular weight excluding hydrogens is 258 g/mol. The normalized spacial score (nSPS) is 11.1. The molecule has 0 spiro atoms. The molecule has 0 bridgehead atoms. The van der Waals surface area contributed by atoms with Crippen LogP contribution in [0.1, 0.15) is 31.7 Å². The predicted molar refractivity (Wildman–Crippen MR) is 82.8 cm³/mol. The van der Waals surface area contributed by atoms with Crippen LogP contribution in [0.4, 0.5) is 0 Å². The Morgan fingerprint density at radius 3 is 2.79 bits per heavy atom. The van der Waals surface area contributed by atoms with Crippen molar-refractivity contribution in [3.05, 3.63) is 30.1 Å². The Morgan fingerprint density at radius 1 is 1.37 bits per heavy atom. The summed E-state index contributed by atoms with van der Waals surface area (Å²) in [5.74, 6) is 0.364. The first-order chi connectivity index (χ1) is 9.22. The first-order valence-corrected chi connectivity index (χ1v) is 6.87. The van der Waals surface area contributed by atoms with Gasteiger partial charge in [0.25, 0.3) is 0 Å². The number of pyridine rings is 1. The zero-order chi connectivity index (χ0) is 13.9. The molecule has 1 aromatic rings. The molecule has 6 heteroatoms. The van der Waals surface area contributed by atoms with E-state index < -0.39 is 0 Å². The van der Waals surface area contributed by atoms with Gasteiger partial charge in [0.05, 0.1) is 0 Å². The number of aliphatic imine (C=N–C) groups is 1. The molecule has 0 aromatic carbocycles. The molecule has 0 aliphatic rings. The highest BCUT2D eigenvalue weighted by Gasteiger charge is 1.98. The van der Waals surface area contributed by atoms with Crippen LogP contribution in [0, 0.1) is 0 Å². The first kappa shape index (κ1) is 15.4. The monoisotopic (exact) mass is 279 g/mol. The lowest BCUT2D eigenvalue weighted by atomic mass is 10.2. The molecule has 0 saturated carbocycles. The van der Waals surface area contributed by atoms with Crippen LogP contribution in [0.2, 0.25) is 0 Å². The van der Waals surface area contributed by atoms with Crippen molar-refractivity contribution in [2.45, 2.75) is 32.7 Å².